The predicted molar refractivity (Wildman–Crippen MR) is 99.5 cm³/mol. The van der Waals surface area contributed by atoms with Gasteiger partial charge in [0.25, 0.3) is 0 Å². The number of likely N-dealkylation sites (tertiary alicyclic amines) is 2. The van der Waals surface area contributed by atoms with Crippen LogP contribution >= 0.6 is 24.0 Å². The summed E-state index contributed by atoms with van der Waals surface area (Å²) in [5, 5.41) is 3.58. The van der Waals surface area contributed by atoms with Gasteiger partial charge >= 0.3 is 0 Å². The molecule has 1 aliphatic carbocycles. The SMILES string of the molecule is CN=C(NCCN1CCCCC1)N1CCC2(CCC2)C1.I. The number of aliphatic imine (C=N–C) groups is 1. The summed E-state index contributed by atoms with van der Waals surface area (Å²) in [5.41, 5.74) is 0.657. The van der Waals surface area contributed by atoms with Crippen LogP contribution in [-0.2, 0) is 0 Å². The molecule has 0 bridgehead atoms. The predicted octanol–water partition coefficient (Wildman–Crippen LogP) is 2.54. The lowest BCUT2D eigenvalue weighted by Gasteiger charge is -2.38. The Morgan fingerprint density at radius 1 is 1.05 bits per heavy atom. The van der Waals surface area contributed by atoms with E-state index in [0.717, 1.165) is 19.0 Å². The maximum atomic E-state index is 4.49. The molecule has 0 unspecified atom stereocenters. The van der Waals surface area contributed by atoms with E-state index in [1.807, 2.05) is 7.05 Å². The van der Waals surface area contributed by atoms with Crippen LogP contribution in [0.4, 0.5) is 0 Å². The van der Waals surface area contributed by atoms with Gasteiger partial charge in [-0.3, -0.25) is 4.99 Å². The molecule has 1 saturated carbocycles. The minimum Gasteiger partial charge on any atom is -0.355 e. The van der Waals surface area contributed by atoms with Crippen molar-refractivity contribution in [3.63, 3.8) is 0 Å². The second-order valence-corrected chi connectivity index (χ2v) is 6.90. The van der Waals surface area contributed by atoms with Crippen molar-refractivity contribution in [3.05, 3.63) is 0 Å². The summed E-state index contributed by atoms with van der Waals surface area (Å²) in [7, 11) is 1.93. The number of guanidine groups is 1. The highest BCUT2D eigenvalue weighted by molar-refractivity contribution is 14.0. The Hall–Kier alpha value is -0.0400. The molecule has 0 aromatic heterocycles. The van der Waals surface area contributed by atoms with E-state index in [9.17, 15) is 0 Å². The summed E-state index contributed by atoms with van der Waals surface area (Å²) in [6.45, 7) is 7.20. The van der Waals surface area contributed by atoms with Crippen LogP contribution in [0.25, 0.3) is 0 Å². The molecule has 0 aromatic rings. The fourth-order valence-electron chi connectivity index (χ4n) is 4.04. The van der Waals surface area contributed by atoms with Gasteiger partial charge in [0.05, 0.1) is 0 Å². The zero-order valence-electron chi connectivity index (χ0n) is 13.4. The molecule has 122 valence electrons. The van der Waals surface area contributed by atoms with Gasteiger partial charge in [0.15, 0.2) is 5.96 Å². The number of nitrogens with one attached hydrogen (secondary N) is 1. The van der Waals surface area contributed by atoms with Gasteiger partial charge in [-0.05, 0) is 50.6 Å². The van der Waals surface area contributed by atoms with Gasteiger partial charge in [-0.1, -0.05) is 12.8 Å². The van der Waals surface area contributed by atoms with E-state index in [0.29, 0.717) is 5.41 Å². The van der Waals surface area contributed by atoms with Crippen molar-refractivity contribution in [2.45, 2.75) is 44.9 Å². The number of nitrogens with zero attached hydrogens (tertiary/aromatic N) is 3. The molecule has 2 saturated heterocycles. The van der Waals surface area contributed by atoms with Crippen LogP contribution < -0.4 is 5.32 Å². The van der Waals surface area contributed by atoms with E-state index in [4.69, 9.17) is 0 Å². The first-order valence-electron chi connectivity index (χ1n) is 8.49. The molecular formula is C16H31IN4. The molecule has 1 spiro atoms. The Balaban J connectivity index is 0.00000161. The van der Waals surface area contributed by atoms with E-state index in [-0.39, 0.29) is 24.0 Å². The quantitative estimate of drug-likeness (QED) is 0.444. The van der Waals surface area contributed by atoms with E-state index in [2.05, 4.69) is 20.1 Å². The zero-order chi connectivity index (χ0) is 13.8. The van der Waals surface area contributed by atoms with Gasteiger partial charge in [0.2, 0.25) is 0 Å². The number of hydrogen-bond acceptors (Lipinski definition) is 2. The highest BCUT2D eigenvalue weighted by atomic mass is 127. The Bertz CT molecular complexity index is 348. The van der Waals surface area contributed by atoms with Crippen LogP contribution in [0.2, 0.25) is 0 Å². The van der Waals surface area contributed by atoms with Crippen LogP contribution in [0.5, 0.6) is 0 Å². The fraction of sp³-hybridized carbons (Fsp3) is 0.938. The molecule has 4 nitrogen and oxygen atoms in total. The summed E-state index contributed by atoms with van der Waals surface area (Å²) in [6, 6.07) is 0. The lowest BCUT2D eigenvalue weighted by molar-refractivity contribution is 0.151. The minimum atomic E-state index is 0. The maximum Gasteiger partial charge on any atom is 0.193 e. The molecule has 0 radical (unpaired) electrons. The number of rotatable bonds is 3. The van der Waals surface area contributed by atoms with Crippen molar-refractivity contribution < 1.29 is 0 Å². The summed E-state index contributed by atoms with van der Waals surface area (Å²) in [4.78, 5) is 9.56. The summed E-state index contributed by atoms with van der Waals surface area (Å²) in [5.74, 6) is 1.13. The highest BCUT2D eigenvalue weighted by Gasteiger charge is 2.43. The second-order valence-electron chi connectivity index (χ2n) is 6.90. The smallest absolute Gasteiger partial charge is 0.193 e. The van der Waals surface area contributed by atoms with Crippen LogP contribution in [0.15, 0.2) is 4.99 Å². The summed E-state index contributed by atoms with van der Waals surface area (Å²) in [6.07, 6.45) is 9.87. The monoisotopic (exact) mass is 406 g/mol. The van der Waals surface area contributed by atoms with Crippen LogP contribution in [0.3, 0.4) is 0 Å². The third-order valence-electron chi connectivity index (χ3n) is 5.52. The van der Waals surface area contributed by atoms with Gasteiger partial charge < -0.3 is 15.1 Å². The fourth-order valence-corrected chi connectivity index (χ4v) is 4.04. The maximum absolute atomic E-state index is 4.49. The van der Waals surface area contributed by atoms with E-state index in [1.54, 1.807) is 0 Å². The molecule has 0 amide bonds. The van der Waals surface area contributed by atoms with E-state index in [1.165, 1.54) is 71.1 Å². The minimum absolute atomic E-state index is 0. The molecule has 2 aliphatic heterocycles. The van der Waals surface area contributed by atoms with Crippen LogP contribution in [0.1, 0.15) is 44.9 Å². The average molecular weight is 406 g/mol. The van der Waals surface area contributed by atoms with Gasteiger partial charge in [-0.2, -0.15) is 0 Å². The summed E-state index contributed by atoms with van der Waals surface area (Å²) < 4.78 is 0. The van der Waals surface area contributed by atoms with Crippen molar-refractivity contribution in [1.29, 1.82) is 0 Å². The van der Waals surface area contributed by atoms with Crippen LogP contribution in [-0.4, -0.2) is 62.1 Å². The topological polar surface area (TPSA) is 30.9 Å². The molecular weight excluding hydrogens is 375 g/mol. The molecule has 1 N–H and O–H groups in total. The van der Waals surface area contributed by atoms with Crippen molar-refractivity contribution in [3.8, 4) is 0 Å². The Kier molecular flexibility index (Phi) is 6.59. The average Bonchev–Trinajstić information content (AvgIpc) is 2.90. The van der Waals surface area contributed by atoms with E-state index < -0.39 is 0 Å². The Labute approximate surface area is 146 Å². The lowest BCUT2D eigenvalue weighted by atomic mass is 9.68. The van der Waals surface area contributed by atoms with Gasteiger partial charge in [0.1, 0.15) is 0 Å². The first-order chi connectivity index (χ1) is 9.81. The normalized spacial score (nSPS) is 25.6. The largest absolute Gasteiger partial charge is 0.355 e. The second kappa shape index (κ2) is 7.99. The zero-order valence-corrected chi connectivity index (χ0v) is 15.8. The van der Waals surface area contributed by atoms with Gasteiger partial charge in [0, 0.05) is 33.2 Å². The lowest BCUT2D eigenvalue weighted by Crippen LogP contribution is -2.45. The Morgan fingerprint density at radius 3 is 2.38 bits per heavy atom. The first-order valence-corrected chi connectivity index (χ1v) is 8.49. The molecule has 3 fully saturated rings. The van der Waals surface area contributed by atoms with Crippen molar-refractivity contribution >= 4 is 29.9 Å². The molecule has 0 atom stereocenters. The van der Waals surface area contributed by atoms with Crippen molar-refractivity contribution in [2.75, 3.05) is 46.3 Å². The molecule has 0 aromatic carbocycles. The molecule has 3 aliphatic rings. The standard InChI is InChI=1S/C16H30N4.HI/c1-17-15(18-9-13-19-10-3-2-4-11-19)20-12-8-16(14-20)6-5-7-16;/h2-14H2,1H3,(H,17,18);1H. The molecule has 5 heteroatoms. The molecule has 21 heavy (non-hydrogen) atoms. The summed E-state index contributed by atoms with van der Waals surface area (Å²) >= 11 is 0. The van der Waals surface area contributed by atoms with Crippen molar-refractivity contribution in [2.24, 2.45) is 10.4 Å². The third-order valence-corrected chi connectivity index (χ3v) is 5.52. The Morgan fingerprint density at radius 2 is 1.81 bits per heavy atom. The van der Waals surface area contributed by atoms with Gasteiger partial charge in [-0.25, -0.2) is 0 Å². The van der Waals surface area contributed by atoms with E-state index >= 15 is 0 Å². The van der Waals surface area contributed by atoms with Gasteiger partial charge in [-0.15, -0.1) is 24.0 Å². The molecule has 2 heterocycles. The van der Waals surface area contributed by atoms with Crippen LogP contribution in [0, 0.1) is 5.41 Å². The third kappa shape index (κ3) is 4.24. The number of piperidine rings is 1. The highest BCUT2D eigenvalue weighted by Crippen LogP contribution is 2.47. The van der Waals surface area contributed by atoms with Crippen molar-refractivity contribution in [1.82, 2.24) is 15.1 Å². The molecule has 3 rings (SSSR count). The number of halogens is 1. The first kappa shape index (κ1) is 17.3. The number of hydrogen-bond donors (Lipinski definition) is 1.